The van der Waals surface area contributed by atoms with Gasteiger partial charge in [-0.05, 0) is 19.3 Å². The lowest BCUT2D eigenvalue weighted by Crippen LogP contribution is -2.08. The summed E-state index contributed by atoms with van der Waals surface area (Å²) in [7, 11) is 1.52. The summed E-state index contributed by atoms with van der Waals surface area (Å²) in [4.78, 5) is 19.5. The number of aromatic nitrogens is 2. The smallest absolute Gasteiger partial charge is 0.316 e. The van der Waals surface area contributed by atoms with Crippen molar-refractivity contribution in [2.45, 2.75) is 27.2 Å². The number of Topliss-reactive ketones (excluding diaryl/α,β-unsaturated/α-hetero) is 1. The van der Waals surface area contributed by atoms with E-state index < -0.39 is 0 Å². The van der Waals surface area contributed by atoms with Gasteiger partial charge >= 0.3 is 6.01 Å². The first kappa shape index (κ1) is 11.6. The normalized spacial score (nSPS) is 10.5. The number of carbonyl (C=O) groups excluding carboxylic acids is 1. The third-order valence-corrected chi connectivity index (χ3v) is 2.01. The Bertz CT molecular complexity index is 362. The van der Waals surface area contributed by atoms with Crippen LogP contribution in [0.1, 0.15) is 36.8 Å². The van der Waals surface area contributed by atoms with Crippen molar-refractivity contribution in [1.29, 1.82) is 0 Å². The lowest BCUT2D eigenvalue weighted by molar-refractivity contribution is 0.101. The fraction of sp³-hybridized carbons (Fsp3) is 0.545. The molecule has 0 amide bonds. The van der Waals surface area contributed by atoms with E-state index in [0.717, 1.165) is 12.1 Å². The van der Waals surface area contributed by atoms with Gasteiger partial charge < -0.3 is 4.74 Å². The summed E-state index contributed by atoms with van der Waals surface area (Å²) in [5, 5.41) is 0. The van der Waals surface area contributed by atoms with Crippen molar-refractivity contribution in [3.05, 3.63) is 17.5 Å². The fourth-order valence-electron chi connectivity index (χ4n) is 1.33. The summed E-state index contributed by atoms with van der Waals surface area (Å²) in [5.74, 6) is 0.441. The number of rotatable bonds is 4. The maximum absolute atomic E-state index is 11.3. The lowest BCUT2D eigenvalue weighted by Gasteiger charge is -2.09. The van der Waals surface area contributed by atoms with Crippen molar-refractivity contribution in [3.63, 3.8) is 0 Å². The van der Waals surface area contributed by atoms with Crippen LogP contribution >= 0.6 is 0 Å². The Morgan fingerprint density at radius 3 is 2.67 bits per heavy atom. The van der Waals surface area contributed by atoms with E-state index in [0.29, 0.717) is 17.5 Å². The first-order valence-corrected chi connectivity index (χ1v) is 4.95. The highest BCUT2D eigenvalue weighted by molar-refractivity contribution is 5.94. The van der Waals surface area contributed by atoms with Crippen molar-refractivity contribution in [3.8, 4) is 6.01 Å². The molecule has 0 aliphatic rings. The Hall–Kier alpha value is -1.45. The Kier molecular flexibility index (Phi) is 3.77. The molecule has 1 rings (SSSR count). The van der Waals surface area contributed by atoms with Gasteiger partial charge in [-0.3, -0.25) is 4.79 Å². The van der Waals surface area contributed by atoms with Crippen LogP contribution in [0.4, 0.5) is 0 Å². The summed E-state index contributed by atoms with van der Waals surface area (Å²) < 4.78 is 4.94. The van der Waals surface area contributed by atoms with E-state index >= 15 is 0 Å². The number of ether oxygens (including phenoxy) is 1. The summed E-state index contributed by atoms with van der Waals surface area (Å²) in [6.45, 7) is 5.69. The van der Waals surface area contributed by atoms with Crippen LogP contribution in [0.3, 0.4) is 0 Å². The van der Waals surface area contributed by atoms with Gasteiger partial charge in [0.2, 0.25) is 0 Å². The molecule has 0 bridgehead atoms. The maximum Gasteiger partial charge on any atom is 0.316 e. The number of nitrogens with zero attached hydrogens (tertiary/aromatic N) is 2. The maximum atomic E-state index is 11.3. The van der Waals surface area contributed by atoms with E-state index in [9.17, 15) is 4.79 Å². The molecule has 1 aromatic rings. The van der Waals surface area contributed by atoms with Gasteiger partial charge in [0.15, 0.2) is 5.78 Å². The second kappa shape index (κ2) is 4.87. The summed E-state index contributed by atoms with van der Waals surface area (Å²) in [6, 6.07) is 0.315. The van der Waals surface area contributed by atoms with Gasteiger partial charge in [0.05, 0.1) is 18.4 Å². The summed E-state index contributed by atoms with van der Waals surface area (Å²) in [6.07, 6.45) is 2.29. The lowest BCUT2D eigenvalue weighted by atomic mass is 10.0. The molecule has 4 heteroatoms. The van der Waals surface area contributed by atoms with E-state index in [1.165, 1.54) is 20.2 Å². The SMILES string of the molecule is COc1ncc(C(C)=O)c(CC(C)C)n1. The van der Waals surface area contributed by atoms with Crippen molar-refractivity contribution in [2.75, 3.05) is 7.11 Å². The standard InChI is InChI=1S/C11H16N2O2/c1-7(2)5-10-9(8(3)14)6-12-11(13-10)15-4/h6-7H,5H2,1-4H3. The first-order valence-electron chi connectivity index (χ1n) is 4.95. The van der Waals surface area contributed by atoms with Crippen molar-refractivity contribution >= 4 is 5.78 Å². The number of hydrogen-bond acceptors (Lipinski definition) is 4. The predicted molar refractivity (Wildman–Crippen MR) is 57.1 cm³/mol. The Balaban J connectivity index is 3.10. The van der Waals surface area contributed by atoms with Crippen molar-refractivity contribution in [1.82, 2.24) is 9.97 Å². The van der Waals surface area contributed by atoms with Crippen LogP contribution in [-0.2, 0) is 6.42 Å². The first-order chi connectivity index (χ1) is 7.04. The molecule has 0 unspecified atom stereocenters. The number of carbonyl (C=O) groups is 1. The van der Waals surface area contributed by atoms with Crippen LogP contribution in [0.25, 0.3) is 0 Å². The van der Waals surface area contributed by atoms with Gasteiger partial charge in [0, 0.05) is 6.20 Å². The predicted octanol–water partition coefficient (Wildman–Crippen LogP) is 1.89. The molecule has 1 heterocycles. The minimum absolute atomic E-state index is 0.00620. The van der Waals surface area contributed by atoms with E-state index in [-0.39, 0.29) is 5.78 Å². The van der Waals surface area contributed by atoms with Gasteiger partial charge in [0.1, 0.15) is 0 Å². The van der Waals surface area contributed by atoms with Gasteiger partial charge in [-0.1, -0.05) is 13.8 Å². The zero-order chi connectivity index (χ0) is 11.4. The Morgan fingerprint density at radius 2 is 2.20 bits per heavy atom. The average molecular weight is 208 g/mol. The van der Waals surface area contributed by atoms with Crippen LogP contribution in [0.15, 0.2) is 6.20 Å². The van der Waals surface area contributed by atoms with Gasteiger partial charge in [0.25, 0.3) is 0 Å². The third kappa shape index (κ3) is 3.01. The Labute approximate surface area is 89.7 Å². The zero-order valence-electron chi connectivity index (χ0n) is 9.57. The molecule has 4 nitrogen and oxygen atoms in total. The molecule has 1 aromatic heterocycles. The largest absolute Gasteiger partial charge is 0.467 e. The molecular formula is C11H16N2O2. The molecule has 0 N–H and O–H groups in total. The molecular weight excluding hydrogens is 192 g/mol. The minimum Gasteiger partial charge on any atom is -0.467 e. The molecule has 0 aliphatic heterocycles. The van der Waals surface area contributed by atoms with Gasteiger partial charge in [-0.2, -0.15) is 4.98 Å². The van der Waals surface area contributed by atoms with Crippen molar-refractivity contribution in [2.24, 2.45) is 5.92 Å². The Morgan fingerprint density at radius 1 is 1.53 bits per heavy atom. The molecule has 82 valence electrons. The highest BCUT2D eigenvalue weighted by atomic mass is 16.5. The quantitative estimate of drug-likeness (QED) is 0.709. The van der Waals surface area contributed by atoms with E-state index in [4.69, 9.17) is 4.74 Å². The van der Waals surface area contributed by atoms with Crippen LogP contribution < -0.4 is 4.74 Å². The highest BCUT2D eigenvalue weighted by Gasteiger charge is 2.12. The molecule has 0 fully saturated rings. The molecule has 0 saturated heterocycles. The van der Waals surface area contributed by atoms with Crippen LogP contribution in [0.5, 0.6) is 6.01 Å². The third-order valence-electron chi connectivity index (χ3n) is 2.01. The average Bonchev–Trinajstić information content (AvgIpc) is 2.16. The number of ketones is 1. The molecule has 0 spiro atoms. The number of hydrogen-bond donors (Lipinski definition) is 0. The van der Waals surface area contributed by atoms with E-state index in [1.54, 1.807) is 0 Å². The fourth-order valence-corrected chi connectivity index (χ4v) is 1.33. The highest BCUT2D eigenvalue weighted by Crippen LogP contribution is 2.14. The second-order valence-corrected chi connectivity index (χ2v) is 3.87. The van der Waals surface area contributed by atoms with Crippen LogP contribution in [0, 0.1) is 5.92 Å². The van der Waals surface area contributed by atoms with Crippen molar-refractivity contribution < 1.29 is 9.53 Å². The van der Waals surface area contributed by atoms with E-state index in [1.807, 2.05) is 0 Å². The molecule has 0 radical (unpaired) electrons. The molecule has 0 atom stereocenters. The molecule has 0 aliphatic carbocycles. The minimum atomic E-state index is -0.00620. The summed E-state index contributed by atoms with van der Waals surface area (Å²) >= 11 is 0. The van der Waals surface area contributed by atoms with Gasteiger partial charge in [-0.25, -0.2) is 4.98 Å². The topological polar surface area (TPSA) is 52.1 Å². The number of methoxy groups -OCH3 is 1. The molecule has 15 heavy (non-hydrogen) atoms. The van der Waals surface area contributed by atoms with E-state index in [2.05, 4.69) is 23.8 Å². The summed E-state index contributed by atoms with van der Waals surface area (Å²) in [5.41, 5.74) is 1.36. The van der Waals surface area contributed by atoms with Gasteiger partial charge in [-0.15, -0.1) is 0 Å². The zero-order valence-corrected chi connectivity index (χ0v) is 9.57. The second-order valence-electron chi connectivity index (χ2n) is 3.87. The monoisotopic (exact) mass is 208 g/mol. The van der Waals surface area contributed by atoms with Crippen LogP contribution in [0.2, 0.25) is 0 Å². The molecule has 0 aromatic carbocycles. The van der Waals surface area contributed by atoms with Crippen LogP contribution in [-0.4, -0.2) is 22.9 Å². The molecule has 0 saturated carbocycles.